The number of nitrogens with two attached hydrogens (primary N) is 1. The molecule has 7 nitrogen and oxygen atoms in total. The lowest BCUT2D eigenvalue weighted by atomic mass is 10.1. The van der Waals surface area contributed by atoms with Crippen molar-refractivity contribution in [2.45, 2.75) is 19.9 Å². The Balaban J connectivity index is 1.70. The predicted molar refractivity (Wildman–Crippen MR) is 135 cm³/mol. The topological polar surface area (TPSA) is 100 Å². The Morgan fingerprint density at radius 1 is 1.09 bits per heavy atom. The van der Waals surface area contributed by atoms with E-state index in [1.54, 1.807) is 20.1 Å². The van der Waals surface area contributed by atoms with Crippen molar-refractivity contribution in [1.82, 2.24) is 9.55 Å². The number of ether oxygens (including phenoxy) is 1. The van der Waals surface area contributed by atoms with E-state index >= 15 is 0 Å². The Hall–Kier alpha value is -4.10. The third-order valence-electron chi connectivity index (χ3n) is 6.14. The third-order valence-corrected chi connectivity index (χ3v) is 6.39. The molecule has 5 rings (SSSR count). The van der Waals surface area contributed by atoms with E-state index in [-0.39, 0.29) is 5.56 Å². The molecule has 0 fully saturated rings. The van der Waals surface area contributed by atoms with Crippen LogP contribution in [0.4, 0.5) is 0 Å². The number of hydrogen-bond donors (Lipinski definition) is 1. The molecule has 0 bridgehead atoms. The van der Waals surface area contributed by atoms with Crippen LogP contribution in [-0.4, -0.2) is 22.6 Å². The first-order chi connectivity index (χ1) is 16.8. The van der Waals surface area contributed by atoms with Crippen LogP contribution < -0.4 is 16.1 Å². The van der Waals surface area contributed by atoms with Gasteiger partial charge in [0, 0.05) is 29.4 Å². The van der Waals surface area contributed by atoms with Crippen LogP contribution in [0.25, 0.3) is 22.0 Å². The molecule has 35 heavy (non-hydrogen) atoms. The maximum atomic E-state index is 12.4. The van der Waals surface area contributed by atoms with Crippen molar-refractivity contribution in [3.63, 3.8) is 0 Å². The van der Waals surface area contributed by atoms with Crippen molar-refractivity contribution in [1.29, 1.82) is 0 Å². The van der Waals surface area contributed by atoms with E-state index in [9.17, 15) is 9.59 Å². The van der Waals surface area contributed by atoms with Gasteiger partial charge in [0.15, 0.2) is 0 Å². The molecule has 0 saturated carbocycles. The van der Waals surface area contributed by atoms with E-state index in [2.05, 4.69) is 4.57 Å². The Morgan fingerprint density at radius 3 is 2.43 bits per heavy atom. The lowest BCUT2D eigenvalue weighted by Gasteiger charge is -2.11. The molecule has 0 spiro atoms. The summed E-state index contributed by atoms with van der Waals surface area (Å²) in [6.07, 6.45) is 0.581. The van der Waals surface area contributed by atoms with Crippen LogP contribution in [0, 0.1) is 6.92 Å². The summed E-state index contributed by atoms with van der Waals surface area (Å²) >= 11 is 6.08. The molecule has 0 saturated heterocycles. The standard InChI is InChI=1S/C27H22ClN3O4/c1-15-20-12-21-22(13-23(20)35-27(33)25(15)26(29)32)31(14-17-3-7-18(28)8-4-17)24(30-21)11-16-5-9-19(34-2)10-6-16/h3-10,12-13H,11,14H2,1-2H3,(H2,29,32). The molecule has 2 aromatic heterocycles. The zero-order chi connectivity index (χ0) is 24.7. The summed E-state index contributed by atoms with van der Waals surface area (Å²) in [5.41, 5.74) is 9.03. The fourth-order valence-electron chi connectivity index (χ4n) is 4.31. The van der Waals surface area contributed by atoms with Gasteiger partial charge in [-0.25, -0.2) is 9.78 Å². The highest BCUT2D eigenvalue weighted by molar-refractivity contribution is 6.30. The van der Waals surface area contributed by atoms with Crippen LogP contribution in [-0.2, 0) is 13.0 Å². The van der Waals surface area contributed by atoms with Crippen LogP contribution in [0.3, 0.4) is 0 Å². The molecule has 5 aromatic rings. The van der Waals surface area contributed by atoms with Crippen LogP contribution in [0.2, 0.25) is 5.02 Å². The number of carbonyl (C=O) groups is 1. The van der Waals surface area contributed by atoms with Gasteiger partial charge >= 0.3 is 5.63 Å². The van der Waals surface area contributed by atoms with Gasteiger partial charge in [-0.2, -0.15) is 0 Å². The normalized spacial score (nSPS) is 11.3. The molecule has 2 N–H and O–H groups in total. The number of rotatable bonds is 6. The molecule has 0 atom stereocenters. The van der Waals surface area contributed by atoms with E-state index in [4.69, 9.17) is 31.5 Å². The molecule has 0 aliphatic carbocycles. The summed E-state index contributed by atoms with van der Waals surface area (Å²) in [4.78, 5) is 29.2. The summed E-state index contributed by atoms with van der Waals surface area (Å²) in [6.45, 7) is 2.24. The van der Waals surface area contributed by atoms with Gasteiger partial charge in [0.2, 0.25) is 0 Å². The van der Waals surface area contributed by atoms with Crippen molar-refractivity contribution >= 4 is 39.5 Å². The number of aryl methyl sites for hydroxylation is 1. The number of fused-ring (bicyclic) bond motifs is 2. The minimum atomic E-state index is -0.813. The van der Waals surface area contributed by atoms with Gasteiger partial charge < -0.3 is 19.5 Å². The van der Waals surface area contributed by atoms with Gasteiger partial charge in [-0.1, -0.05) is 35.9 Å². The molecule has 0 unspecified atom stereocenters. The number of aromatic nitrogens is 2. The first-order valence-electron chi connectivity index (χ1n) is 11.0. The molecule has 0 aliphatic rings. The van der Waals surface area contributed by atoms with Crippen LogP contribution in [0.1, 0.15) is 32.9 Å². The van der Waals surface area contributed by atoms with Crippen LogP contribution in [0.5, 0.6) is 5.75 Å². The van der Waals surface area contributed by atoms with Gasteiger partial charge in [-0.15, -0.1) is 0 Å². The summed E-state index contributed by atoms with van der Waals surface area (Å²) in [5.74, 6) is 0.808. The lowest BCUT2D eigenvalue weighted by molar-refractivity contribution is 0.0996. The minimum Gasteiger partial charge on any atom is -0.497 e. The van der Waals surface area contributed by atoms with Crippen molar-refractivity contribution in [3.05, 3.63) is 104 Å². The summed E-state index contributed by atoms with van der Waals surface area (Å²) in [6, 6.07) is 19.1. The number of hydrogen-bond acceptors (Lipinski definition) is 5. The average molecular weight is 488 g/mol. The van der Waals surface area contributed by atoms with Crippen molar-refractivity contribution in [3.8, 4) is 5.75 Å². The van der Waals surface area contributed by atoms with Crippen LogP contribution in [0.15, 0.2) is 69.9 Å². The van der Waals surface area contributed by atoms with Crippen molar-refractivity contribution in [2.75, 3.05) is 7.11 Å². The van der Waals surface area contributed by atoms with Gasteiger partial charge in [0.25, 0.3) is 5.91 Å². The molecule has 0 radical (unpaired) electrons. The number of primary amides is 1. The fourth-order valence-corrected chi connectivity index (χ4v) is 4.44. The Labute approximate surface area is 205 Å². The molecular formula is C27H22ClN3O4. The quantitative estimate of drug-likeness (QED) is 0.345. The Morgan fingerprint density at radius 2 is 1.77 bits per heavy atom. The van der Waals surface area contributed by atoms with Gasteiger partial charge in [-0.3, -0.25) is 4.79 Å². The molecule has 0 aliphatic heterocycles. The highest BCUT2D eigenvalue weighted by Crippen LogP contribution is 2.28. The average Bonchev–Trinajstić information content (AvgIpc) is 3.15. The number of methoxy groups -OCH3 is 1. The lowest BCUT2D eigenvalue weighted by Crippen LogP contribution is -2.22. The number of benzene rings is 3. The van der Waals surface area contributed by atoms with E-state index in [0.717, 1.165) is 33.7 Å². The first kappa shape index (κ1) is 22.7. The maximum absolute atomic E-state index is 12.4. The zero-order valence-electron chi connectivity index (χ0n) is 19.2. The molecule has 1 amide bonds. The van der Waals surface area contributed by atoms with E-state index in [0.29, 0.717) is 34.5 Å². The highest BCUT2D eigenvalue weighted by atomic mass is 35.5. The number of imidazole rings is 1. The fraction of sp³-hybridized carbons (Fsp3) is 0.148. The number of carbonyl (C=O) groups excluding carboxylic acids is 1. The van der Waals surface area contributed by atoms with E-state index in [1.165, 1.54) is 0 Å². The van der Waals surface area contributed by atoms with E-state index in [1.807, 2.05) is 54.6 Å². The molecule has 3 aromatic carbocycles. The number of nitrogens with zero attached hydrogens (tertiary/aromatic N) is 2. The Kier molecular flexibility index (Phi) is 5.78. The van der Waals surface area contributed by atoms with Gasteiger partial charge in [0.1, 0.15) is 22.7 Å². The van der Waals surface area contributed by atoms with Crippen LogP contribution >= 0.6 is 11.6 Å². The Bertz CT molecular complexity index is 1630. The third kappa shape index (κ3) is 4.26. The molecule has 176 valence electrons. The summed E-state index contributed by atoms with van der Waals surface area (Å²) < 4.78 is 12.9. The monoisotopic (exact) mass is 487 g/mol. The van der Waals surface area contributed by atoms with Crippen molar-refractivity contribution < 1.29 is 13.9 Å². The first-order valence-corrected chi connectivity index (χ1v) is 11.4. The highest BCUT2D eigenvalue weighted by Gasteiger charge is 2.19. The molecule has 8 heteroatoms. The maximum Gasteiger partial charge on any atom is 0.349 e. The number of halogens is 1. The zero-order valence-corrected chi connectivity index (χ0v) is 19.9. The smallest absolute Gasteiger partial charge is 0.349 e. The van der Waals surface area contributed by atoms with E-state index < -0.39 is 11.5 Å². The second-order valence-corrected chi connectivity index (χ2v) is 8.79. The number of amides is 1. The summed E-state index contributed by atoms with van der Waals surface area (Å²) in [7, 11) is 1.63. The largest absolute Gasteiger partial charge is 0.497 e. The summed E-state index contributed by atoms with van der Waals surface area (Å²) in [5, 5.41) is 1.29. The van der Waals surface area contributed by atoms with Crippen molar-refractivity contribution in [2.24, 2.45) is 5.73 Å². The second kappa shape index (κ2) is 8.92. The SMILES string of the molecule is COc1ccc(Cc2nc3cc4c(C)c(C(N)=O)c(=O)oc4cc3n2Cc2ccc(Cl)cc2)cc1. The van der Waals surface area contributed by atoms with Gasteiger partial charge in [-0.05, 0) is 53.9 Å². The molecular weight excluding hydrogens is 466 g/mol. The molecule has 2 heterocycles. The van der Waals surface area contributed by atoms with Gasteiger partial charge in [0.05, 0.1) is 18.1 Å². The predicted octanol–water partition coefficient (Wildman–Crippen LogP) is 4.85. The second-order valence-electron chi connectivity index (χ2n) is 8.36. The minimum absolute atomic E-state index is 0.143.